The first-order chi connectivity index (χ1) is 22.1. The SMILES string of the molecule is COCCCn1c(C2CCCN(C(=O)CC(OC(N)=O)C(c3ccc(-c4ccccc4F)cc3)C(C)(C)C)C2)nc2ccccc21. The largest absolute Gasteiger partial charge is 0.445 e. The summed E-state index contributed by atoms with van der Waals surface area (Å²) < 4.78 is 27.8. The number of piperidine rings is 1. The van der Waals surface area contributed by atoms with Gasteiger partial charge in [0.05, 0.1) is 17.5 Å². The lowest BCUT2D eigenvalue weighted by Gasteiger charge is -2.38. The van der Waals surface area contributed by atoms with Crippen LogP contribution in [-0.4, -0.2) is 59.4 Å². The Morgan fingerprint density at radius 3 is 2.46 bits per heavy atom. The number of rotatable bonds is 11. The normalized spacial score (nSPS) is 16.7. The maximum absolute atomic E-state index is 14.5. The number of fused-ring (bicyclic) bond motifs is 1. The van der Waals surface area contributed by atoms with Crippen molar-refractivity contribution >= 4 is 23.0 Å². The maximum Gasteiger partial charge on any atom is 0.404 e. The van der Waals surface area contributed by atoms with Crippen LogP contribution in [0.4, 0.5) is 9.18 Å². The lowest BCUT2D eigenvalue weighted by Crippen LogP contribution is -2.44. The number of ether oxygens (including phenoxy) is 2. The average Bonchev–Trinajstić information content (AvgIpc) is 3.39. The van der Waals surface area contributed by atoms with E-state index in [1.807, 2.05) is 47.4 Å². The van der Waals surface area contributed by atoms with Crippen LogP contribution >= 0.6 is 0 Å². The second-order valence-electron chi connectivity index (χ2n) is 13.3. The Balaban J connectivity index is 1.38. The Hall–Kier alpha value is -4.24. The molecule has 0 radical (unpaired) electrons. The molecule has 46 heavy (non-hydrogen) atoms. The summed E-state index contributed by atoms with van der Waals surface area (Å²) >= 11 is 0. The molecule has 3 unspecified atom stereocenters. The molecule has 0 bridgehead atoms. The number of aryl methyl sites for hydroxylation is 1. The Labute approximate surface area is 270 Å². The summed E-state index contributed by atoms with van der Waals surface area (Å²) in [4.78, 5) is 33.1. The van der Waals surface area contributed by atoms with Crippen LogP contribution in [0.5, 0.6) is 0 Å². The van der Waals surface area contributed by atoms with Crippen LogP contribution in [0.25, 0.3) is 22.2 Å². The molecule has 1 aliphatic rings. The number of hydrogen-bond donors (Lipinski definition) is 1. The summed E-state index contributed by atoms with van der Waals surface area (Å²) in [6.07, 6.45) is 0.925. The van der Waals surface area contributed by atoms with E-state index < -0.39 is 17.6 Å². The molecule has 1 saturated heterocycles. The third-order valence-electron chi connectivity index (χ3n) is 8.96. The van der Waals surface area contributed by atoms with Gasteiger partial charge < -0.3 is 24.7 Å². The molecule has 3 aromatic carbocycles. The number of amides is 2. The van der Waals surface area contributed by atoms with Crippen molar-refractivity contribution in [2.45, 2.75) is 70.9 Å². The van der Waals surface area contributed by atoms with Crippen LogP contribution in [0.2, 0.25) is 0 Å². The van der Waals surface area contributed by atoms with E-state index in [9.17, 15) is 14.0 Å². The lowest BCUT2D eigenvalue weighted by atomic mass is 9.72. The molecule has 5 rings (SSSR count). The smallest absolute Gasteiger partial charge is 0.404 e. The van der Waals surface area contributed by atoms with Crippen molar-refractivity contribution in [3.8, 4) is 11.1 Å². The molecule has 244 valence electrons. The highest BCUT2D eigenvalue weighted by Gasteiger charge is 2.39. The first-order valence-electron chi connectivity index (χ1n) is 16.1. The van der Waals surface area contributed by atoms with Crippen LogP contribution in [0, 0.1) is 11.2 Å². The Bertz CT molecular complexity index is 1650. The van der Waals surface area contributed by atoms with Crippen molar-refractivity contribution in [3.63, 3.8) is 0 Å². The van der Waals surface area contributed by atoms with Crippen LogP contribution in [-0.2, 0) is 20.8 Å². The number of carbonyl (C=O) groups excluding carboxylic acids is 2. The number of halogens is 1. The fourth-order valence-corrected chi connectivity index (χ4v) is 6.94. The van der Waals surface area contributed by atoms with Gasteiger partial charge in [-0.05, 0) is 54.0 Å². The van der Waals surface area contributed by atoms with E-state index in [-0.39, 0.29) is 30.0 Å². The molecule has 2 amide bonds. The molecule has 9 heteroatoms. The predicted molar refractivity (Wildman–Crippen MR) is 178 cm³/mol. The molecular weight excluding hydrogens is 583 g/mol. The van der Waals surface area contributed by atoms with E-state index in [2.05, 4.69) is 31.4 Å². The molecule has 4 aromatic rings. The summed E-state index contributed by atoms with van der Waals surface area (Å²) in [7, 11) is 1.71. The van der Waals surface area contributed by atoms with E-state index >= 15 is 0 Å². The minimum Gasteiger partial charge on any atom is -0.445 e. The first kappa shape index (κ1) is 33.1. The molecule has 2 N–H and O–H groups in total. The third kappa shape index (κ3) is 7.58. The number of aromatic nitrogens is 2. The molecule has 1 aliphatic heterocycles. The van der Waals surface area contributed by atoms with E-state index in [4.69, 9.17) is 20.2 Å². The number of para-hydroxylation sites is 2. The number of nitrogens with zero attached hydrogens (tertiary/aromatic N) is 3. The Morgan fingerprint density at radius 1 is 1.04 bits per heavy atom. The number of hydrogen-bond acceptors (Lipinski definition) is 5. The lowest BCUT2D eigenvalue weighted by molar-refractivity contribution is -0.135. The van der Waals surface area contributed by atoms with E-state index in [0.717, 1.165) is 53.8 Å². The van der Waals surface area contributed by atoms with Crippen molar-refractivity contribution < 1.29 is 23.5 Å². The van der Waals surface area contributed by atoms with Crippen LogP contribution < -0.4 is 5.73 Å². The van der Waals surface area contributed by atoms with E-state index in [1.54, 1.807) is 25.3 Å². The fraction of sp³-hybridized carbons (Fsp3) is 0.432. The third-order valence-corrected chi connectivity index (χ3v) is 8.96. The highest BCUT2D eigenvalue weighted by atomic mass is 19.1. The molecule has 0 saturated carbocycles. The van der Waals surface area contributed by atoms with Gasteiger partial charge in [0, 0.05) is 50.8 Å². The highest BCUT2D eigenvalue weighted by molar-refractivity contribution is 5.78. The highest BCUT2D eigenvalue weighted by Crippen LogP contribution is 2.41. The number of nitrogens with two attached hydrogens (primary N) is 1. The zero-order valence-electron chi connectivity index (χ0n) is 27.2. The van der Waals surface area contributed by atoms with Gasteiger partial charge in [-0.1, -0.05) is 75.4 Å². The van der Waals surface area contributed by atoms with E-state index in [0.29, 0.717) is 25.3 Å². The van der Waals surface area contributed by atoms with Gasteiger partial charge in [-0.15, -0.1) is 0 Å². The summed E-state index contributed by atoms with van der Waals surface area (Å²) in [5.74, 6) is 0.336. The second kappa shape index (κ2) is 14.5. The van der Waals surface area contributed by atoms with Crippen LogP contribution in [0.15, 0.2) is 72.8 Å². The topological polar surface area (TPSA) is 99.7 Å². The standard InChI is InChI=1S/C37H45FN4O4/c1-37(2,3)34(26-18-16-25(17-19-26)28-12-5-6-13-29(28)38)32(46-36(39)44)23-33(43)41-20-9-11-27(24-41)35-40-30-14-7-8-15-31(30)42(35)21-10-22-45-4/h5-8,12-19,27,32,34H,9-11,20-24H2,1-4H3,(H2,39,44). The van der Waals surface area contributed by atoms with Crippen molar-refractivity contribution in [3.05, 3.63) is 90.0 Å². The van der Waals surface area contributed by atoms with Crippen molar-refractivity contribution in [1.82, 2.24) is 14.5 Å². The average molecular weight is 629 g/mol. The number of imidazole rings is 1. The Morgan fingerprint density at radius 2 is 1.76 bits per heavy atom. The minimum atomic E-state index is -0.920. The molecule has 1 fully saturated rings. The second-order valence-corrected chi connectivity index (χ2v) is 13.3. The van der Waals surface area contributed by atoms with Crippen molar-refractivity contribution in [2.24, 2.45) is 11.1 Å². The first-order valence-corrected chi connectivity index (χ1v) is 16.1. The molecule has 3 atom stereocenters. The van der Waals surface area contributed by atoms with E-state index in [1.165, 1.54) is 6.07 Å². The summed E-state index contributed by atoms with van der Waals surface area (Å²) in [6.45, 7) is 8.75. The van der Waals surface area contributed by atoms with Crippen molar-refractivity contribution in [1.29, 1.82) is 0 Å². The molecule has 0 spiro atoms. The van der Waals surface area contributed by atoms with Crippen LogP contribution in [0.1, 0.15) is 69.7 Å². The summed E-state index contributed by atoms with van der Waals surface area (Å²) in [5, 5.41) is 0. The maximum atomic E-state index is 14.5. The van der Waals surface area contributed by atoms with Gasteiger partial charge in [0.15, 0.2) is 0 Å². The molecule has 0 aliphatic carbocycles. The number of benzene rings is 3. The predicted octanol–water partition coefficient (Wildman–Crippen LogP) is 7.27. The van der Waals surface area contributed by atoms with Gasteiger partial charge in [0.25, 0.3) is 0 Å². The molecule has 8 nitrogen and oxygen atoms in total. The number of primary amides is 1. The quantitative estimate of drug-likeness (QED) is 0.176. The molecule has 2 heterocycles. The van der Waals surface area contributed by atoms with Gasteiger partial charge in [0.2, 0.25) is 5.91 Å². The molecule has 1 aromatic heterocycles. The molecular formula is C37H45FN4O4. The number of carbonyl (C=O) groups is 2. The number of methoxy groups -OCH3 is 1. The zero-order chi connectivity index (χ0) is 32.8. The summed E-state index contributed by atoms with van der Waals surface area (Å²) in [6, 6.07) is 22.3. The van der Waals surface area contributed by atoms with Gasteiger partial charge in [-0.2, -0.15) is 0 Å². The van der Waals surface area contributed by atoms with Crippen LogP contribution in [0.3, 0.4) is 0 Å². The fourth-order valence-electron chi connectivity index (χ4n) is 6.94. The zero-order valence-corrected chi connectivity index (χ0v) is 27.2. The van der Waals surface area contributed by atoms with Gasteiger partial charge in [0.1, 0.15) is 17.7 Å². The monoisotopic (exact) mass is 628 g/mol. The van der Waals surface area contributed by atoms with Crippen molar-refractivity contribution in [2.75, 3.05) is 26.8 Å². The van der Waals surface area contributed by atoms with Gasteiger partial charge in [-0.25, -0.2) is 14.2 Å². The van der Waals surface area contributed by atoms with Gasteiger partial charge in [-0.3, -0.25) is 4.79 Å². The number of likely N-dealkylation sites (tertiary alicyclic amines) is 1. The van der Waals surface area contributed by atoms with Gasteiger partial charge >= 0.3 is 6.09 Å². The summed E-state index contributed by atoms with van der Waals surface area (Å²) in [5.41, 5.74) is 9.35. The Kier molecular flexibility index (Phi) is 10.4. The minimum absolute atomic E-state index is 0.00306.